The van der Waals surface area contributed by atoms with Crippen LogP contribution in [-0.2, 0) is 0 Å². The molecule has 2 aromatic carbocycles. The van der Waals surface area contributed by atoms with Crippen LogP contribution < -0.4 is 0 Å². The van der Waals surface area contributed by atoms with Gasteiger partial charge in [-0.15, -0.1) is 11.3 Å². The molecule has 0 saturated heterocycles. The summed E-state index contributed by atoms with van der Waals surface area (Å²) >= 11 is 5.20. The first-order chi connectivity index (χ1) is 9.16. The summed E-state index contributed by atoms with van der Waals surface area (Å²) in [6, 6.07) is 14.2. The lowest BCUT2D eigenvalue weighted by Crippen LogP contribution is -2.01. The standard InChI is InChI=1S/C16H13BrOS/c1-10-5-6-14(17)13(9-10)15(18)12-4-2-3-11-7-8-19-16(11)12/h2-9,15,18H,1H3. The number of hydrogen-bond acceptors (Lipinski definition) is 2. The van der Waals surface area contributed by atoms with Crippen molar-refractivity contribution in [3.63, 3.8) is 0 Å². The second-order valence-corrected chi connectivity index (χ2v) is 6.38. The Hall–Kier alpha value is -1.16. The molecule has 1 heterocycles. The second-order valence-electron chi connectivity index (χ2n) is 4.61. The molecule has 1 unspecified atom stereocenters. The zero-order valence-corrected chi connectivity index (χ0v) is 12.8. The normalized spacial score (nSPS) is 12.8. The Kier molecular flexibility index (Phi) is 3.44. The largest absolute Gasteiger partial charge is 0.384 e. The van der Waals surface area contributed by atoms with E-state index in [1.165, 1.54) is 5.39 Å². The van der Waals surface area contributed by atoms with Gasteiger partial charge in [-0.1, -0.05) is 51.8 Å². The Morgan fingerprint density at radius 2 is 1.95 bits per heavy atom. The van der Waals surface area contributed by atoms with Crippen LogP contribution in [0.1, 0.15) is 22.8 Å². The third-order valence-electron chi connectivity index (χ3n) is 3.25. The fourth-order valence-corrected chi connectivity index (χ4v) is 3.67. The Balaban J connectivity index is 2.15. The summed E-state index contributed by atoms with van der Waals surface area (Å²) in [6.07, 6.45) is -0.600. The molecule has 0 aliphatic carbocycles. The maximum absolute atomic E-state index is 10.7. The Morgan fingerprint density at radius 1 is 1.11 bits per heavy atom. The van der Waals surface area contributed by atoms with Gasteiger partial charge in [-0.05, 0) is 35.4 Å². The summed E-state index contributed by atoms with van der Waals surface area (Å²) in [5.41, 5.74) is 3.04. The summed E-state index contributed by atoms with van der Waals surface area (Å²) in [5.74, 6) is 0. The van der Waals surface area contributed by atoms with Gasteiger partial charge in [0.1, 0.15) is 6.10 Å². The monoisotopic (exact) mass is 332 g/mol. The fraction of sp³-hybridized carbons (Fsp3) is 0.125. The van der Waals surface area contributed by atoms with Gasteiger partial charge in [-0.3, -0.25) is 0 Å². The van der Waals surface area contributed by atoms with Gasteiger partial charge in [0.25, 0.3) is 0 Å². The number of benzene rings is 2. The predicted octanol–water partition coefficient (Wildman–Crippen LogP) is 5.05. The lowest BCUT2D eigenvalue weighted by Gasteiger charge is -2.15. The Bertz CT molecular complexity index is 732. The summed E-state index contributed by atoms with van der Waals surface area (Å²) < 4.78 is 2.10. The number of aliphatic hydroxyl groups excluding tert-OH is 1. The van der Waals surface area contributed by atoms with Crippen molar-refractivity contribution in [1.29, 1.82) is 0 Å². The highest BCUT2D eigenvalue weighted by Crippen LogP contribution is 2.35. The predicted molar refractivity (Wildman–Crippen MR) is 84.8 cm³/mol. The summed E-state index contributed by atoms with van der Waals surface area (Å²) in [5, 5.41) is 13.9. The summed E-state index contributed by atoms with van der Waals surface area (Å²) in [4.78, 5) is 0. The SMILES string of the molecule is Cc1ccc(Br)c(C(O)c2cccc3ccsc23)c1. The van der Waals surface area contributed by atoms with E-state index in [2.05, 4.69) is 33.4 Å². The van der Waals surface area contributed by atoms with E-state index in [-0.39, 0.29) is 0 Å². The Labute approximate surface area is 124 Å². The van der Waals surface area contributed by atoms with Crippen molar-refractivity contribution in [3.8, 4) is 0 Å². The average molecular weight is 333 g/mol. The summed E-state index contributed by atoms with van der Waals surface area (Å²) in [6.45, 7) is 2.04. The number of rotatable bonds is 2. The maximum Gasteiger partial charge on any atom is 0.107 e. The van der Waals surface area contributed by atoms with Crippen LogP contribution in [0.2, 0.25) is 0 Å². The molecule has 0 radical (unpaired) electrons. The van der Waals surface area contributed by atoms with Gasteiger partial charge in [0.05, 0.1) is 0 Å². The highest BCUT2D eigenvalue weighted by Gasteiger charge is 2.16. The van der Waals surface area contributed by atoms with Gasteiger partial charge in [0, 0.05) is 14.7 Å². The van der Waals surface area contributed by atoms with E-state index in [9.17, 15) is 5.11 Å². The first-order valence-corrected chi connectivity index (χ1v) is 7.74. The molecule has 3 rings (SSSR count). The van der Waals surface area contributed by atoms with E-state index < -0.39 is 6.10 Å². The molecule has 1 atom stereocenters. The second kappa shape index (κ2) is 5.08. The number of fused-ring (bicyclic) bond motifs is 1. The lowest BCUT2D eigenvalue weighted by atomic mass is 9.99. The zero-order valence-electron chi connectivity index (χ0n) is 10.4. The smallest absolute Gasteiger partial charge is 0.107 e. The number of hydrogen-bond donors (Lipinski definition) is 1. The molecule has 3 heteroatoms. The van der Waals surface area contributed by atoms with Crippen molar-refractivity contribution in [1.82, 2.24) is 0 Å². The third kappa shape index (κ3) is 2.34. The fourth-order valence-electron chi connectivity index (χ4n) is 2.27. The number of aryl methyl sites for hydroxylation is 1. The van der Waals surface area contributed by atoms with Crippen LogP contribution in [0.3, 0.4) is 0 Å². The van der Waals surface area contributed by atoms with Gasteiger partial charge in [0.2, 0.25) is 0 Å². The molecule has 0 bridgehead atoms. The molecule has 0 saturated carbocycles. The van der Waals surface area contributed by atoms with E-state index in [0.717, 1.165) is 25.9 Å². The van der Waals surface area contributed by atoms with Crippen molar-refractivity contribution in [3.05, 3.63) is 69.0 Å². The van der Waals surface area contributed by atoms with Gasteiger partial charge >= 0.3 is 0 Å². The number of thiophene rings is 1. The molecular formula is C16H13BrOS. The quantitative estimate of drug-likeness (QED) is 0.695. The summed E-state index contributed by atoms with van der Waals surface area (Å²) in [7, 11) is 0. The molecule has 0 aliphatic heterocycles. The first-order valence-electron chi connectivity index (χ1n) is 6.07. The minimum absolute atomic E-state index is 0.600. The van der Waals surface area contributed by atoms with E-state index in [1.54, 1.807) is 11.3 Å². The lowest BCUT2D eigenvalue weighted by molar-refractivity contribution is 0.221. The minimum Gasteiger partial charge on any atom is -0.384 e. The molecule has 1 aromatic heterocycles. The van der Waals surface area contributed by atoms with Gasteiger partial charge < -0.3 is 5.11 Å². The van der Waals surface area contributed by atoms with Gasteiger partial charge in [-0.25, -0.2) is 0 Å². The van der Waals surface area contributed by atoms with E-state index >= 15 is 0 Å². The van der Waals surface area contributed by atoms with Crippen molar-refractivity contribution in [2.45, 2.75) is 13.0 Å². The zero-order chi connectivity index (χ0) is 13.4. The number of halogens is 1. The van der Waals surface area contributed by atoms with Crippen LogP contribution in [0.5, 0.6) is 0 Å². The number of aliphatic hydroxyl groups is 1. The van der Waals surface area contributed by atoms with Crippen LogP contribution in [-0.4, -0.2) is 5.11 Å². The highest BCUT2D eigenvalue weighted by molar-refractivity contribution is 9.10. The van der Waals surface area contributed by atoms with Crippen molar-refractivity contribution in [2.24, 2.45) is 0 Å². The molecule has 3 aromatic rings. The van der Waals surface area contributed by atoms with Crippen molar-refractivity contribution in [2.75, 3.05) is 0 Å². The van der Waals surface area contributed by atoms with Crippen LogP contribution in [0.25, 0.3) is 10.1 Å². The minimum atomic E-state index is -0.600. The average Bonchev–Trinajstić information content (AvgIpc) is 2.89. The molecule has 1 N–H and O–H groups in total. The van der Waals surface area contributed by atoms with Crippen LogP contribution in [0.4, 0.5) is 0 Å². The van der Waals surface area contributed by atoms with E-state index in [0.29, 0.717) is 0 Å². The molecule has 0 fully saturated rings. The first kappa shape index (κ1) is 12.9. The molecule has 0 spiro atoms. The topological polar surface area (TPSA) is 20.2 Å². The van der Waals surface area contributed by atoms with Gasteiger partial charge in [0.15, 0.2) is 0 Å². The molecule has 1 nitrogen and oxygen atoms in total. The Morgan fingerprint density at radius 3 is 2.79 bits per heavy atom. The van der Waals surface area contributed by atoms with Crippen LogP contribution >= 0.6 is 27.3 Å². The molecule has 0 aliphatic rings. The van der Waals surface area contributed by atoms with Crippen molar-refractivity contribution < 1.29 is 5.11 Å². The van der Waals surface area contributed by atoms with Gasteiger partial charge in [-0.2, -0.15) is 0 Å². The molecule has 0 amide bonds. The van der Waals surface area contributed by atoms with Crippen LogP contribution in [0.15, 0.2) is 52.3 Å². The van der Waals surface area contributed by atoms with E-state index in [4.69, 9.17) is 0 Å². The molecule has 19 heavy (non-hydrogen) atoms. The highest BCUT2D eigenvalue weighted by atomic mass is 79.9. The molecular weight excluding hydrogens is 320 g/mol. The maximum atomic E-state index is 10.7. The van der Waals surface area contributed by atoms with Crippen LogP contribution in [0, 0.1) is 6.92 Å². The van der Waals surface area contributed by atoms with E-state index in [1.807, 2.05) is 37.3 Å². The molecule has 96 valence electrons. The van der Waals surface area contributed by atoms with Crippen molar-refractivity contribution >= 4 is 37.4 Å². The third-order valence-corrected chi connectivity index (χ3v) is 4.95.